The monoisotopic (exact) mass is 330 g/mol. The van der Waals surface area contributed by atoms with Crippen LogP contribution in [0.25, 0.3) is 5.57 Å². The van der Waals surface area contributed by atoms with Crippen molar-refractivity contribution in [3.63, 3.8) is 0 Å². The molecule has 25 heavy (non-hydrogen) atoms. The largest absolute Gasteiger partial charge is 0.294 e. The molecule has 0 saturated heterocycles. The molecular formula is C23H22O2. The van der Waals surface area contributed by atoms with Gasteiger partial charge in [0.25, 0.3) is 0 Å². The lowest BCUT2D eigenvalue weighted by Gasteiger charge is -2.36. The Kier molecular flexibility index (Phi) is 3.72. The molecule has 2 atom stereocenters. The number of carbonyl (C=O) groups is 2. The van der Waals surface area contributed by atoms with Gasteiger partial charge in [-0.2, -0.15) is 0 Å². The zero-order chi connectivity index (χ0) is 17.6. The molecule has 0 radical (unpaired) electrons. The maximum atomic E-state index is 13.3. The first-order chi connectivity index (χ1) is 12.0. The van der Waals surface area contributed by atoms with Gasteiger partial charge in [0.1, 0.15) is 0 Å². The maximum absolute atomic E-state index is 13.3. The van der Waals surface area contributed by atoms with Crippen LogP contribution in [0, 0.1) is 17.3 Å². The number of fused-ring (bicyclic) bond motifs is 1. The van der Waals surface area contributed by atoms with Crippen LogP contribution in [0.5, 0.6) is 0 Å². The van der Waals surface area contributed by atoms with E-state index in [2.05, 4.69) is 6.08 Å². The van der Waals surface area contributed by atoms with Gasteiger partial charge in [0.15, 0.2) is 11.6 Å². The van der Waals surface area contributed by atoms with Crippen molar-refractivity contribution in [2.24, 2.45) is 17.3 Å². The SMILES string of the molecule is CC(C(=O)c1ccccc1)[C@]1(C)C=C(C2CC2)c2ccccc2C1=O. The number of hydrogen-bond acceptors (Lipinski definition) is 2. The average Bonchev–Trinajstić information content (AvgIpc) is 3.49. The Labute approximate surface area is 148 Å². The van der Waals surface area contributed by atoms with E-state index in [0.29, 0.717) is 11.5 Å². The van der Waals surface area contributed by atoms with Crippen LogP contribution < -0.4 is 0 Å². The summed E-state index contributed by atoms with van der Waals surface area (Å²) >= 11 is 0. The van der Waals surface area contributed by atoms with Gasteiger partial charge in [-0.1, -0.05) is 67.6 Å². The molecule has 126 valence electrons. The van der Waals surface area contributed by atoms with E-state index in [0.717, 1.165) is 11.1 Å². The lowest BCUT2D eigenvalue weighted by molar-refractivity contribution is 0.0707. The number of allylic oxidation sites excluding steroid dienone is 2. The zero-order valence-corrected chi connectivity index (χ0v) is 14.7. The van der Waals surface area contributed by atoms with E-state index < -0.39 is 11.3 Å². The molecule has 0 N–H and O–H groups in total. The minimum absolute atomic E-state index is 0.0298. The van der Waals surface area contributed by atoms with E-state index >= 15 is 0 Å². The lowest BCUT2D eigenvalue weighted by atomic mass is 9.64. The fourth-order valence-corrected chi connectivity index (χ4v) is 3.87. The van der Waals surface area contributed by atoms with Gasteiger partial charge in [-0.25, -0.2) is 0 Å². The van der Waals surface area contributed by atoms with Crippen LogP contribution in [-0.4, -0.2) is 11.6 Å². The van der Waals surface area contributed by atoms with Crippen molar-refractivity contribution in [2.45, 2.75) is 26.7 Å². The number of rotatable bonds is 4. The third kappa shape index (κ3) is 2.57. The highest BCUT2D eigenvalue weighted by atomic mass is 16.1. The van der Waals surface area contributed by atoms with Crippen LogP contribution in [0.1, 0.15) is 53.0 Å². The first-order valence-corrected chi connectivity index (χ1v) is 8.98. The number of hydrogen-bond donors (Lipinski definition) is 0. The molecular weight excluding hydrogens is 308 g/mol. The summed E-state index contributed by atoms with van der Waals surface area (Å²) in [6, 6.07) is 17.1. The molecule has 4 rings (SSSR count). The van der Waals surface area contributed by atoms with E-state index in [9.17, 15) is 9.59 Å². The number of ketones is 2. The summed E-state index contributed by atoms with van der Waals surface area (Å²) in [6.45, 7) is 3.82. The fraction of sp³-hybridized carbons (Fsp3) is 0.304. The van der Waals surface area contributed by atoms with Crippen LogP contribution in [0.2, 0.25) is 0 Å². The van der Waals surface area contributed by atoms with E-state index in [1.807, 2.05) is 68.4 Å². The molecule has 2 nitrogen and oxygen atoms in total. The molecule has 1 saturated carbocycles. The Bertz CT molecular complexity index is 874. The highest BCUT2D eigenvalue weighted by molar-refractivity contribution is 6.12. The highest BCUT2D eigenvalue weighted by Crippen LogP contribution is 2.50. The Morgan fingerprint density at radius 1 is 1.00 bits per heavy atom. The summed E-state index contributed by atoms with van der Waals surface area (Å²) in [5, 5.41) is 0. The summed E-state index contributed by atoms with van der Waals surface area (Å²) in [5.41, 5.74) is 2.96. The second-order valence-electron chi connectivity index (χ2n) is 7.48. The van der Waals surface area contributed by atoms with Gasteiger partial charge in [-0.05, 0) is 36.8 Å². The second-order valence-corrected chi connectivity index (χ2v) is 7.48. The Morgan fingerprint density at radius 2 is 1.60 bits per heavy atom. The highest BCUT2D eigenvalue weighted by Gasteiger charge is 2.46. The maximum Gasteiger partial charge on any atom is 0.173 e. The van der Waals surface area contributed by atoms with Crippen LogP contribution >= 0.6 is 0 Å². The standard InChI is InChI=1S/C23H22O2/c1-15(21(24)17-8-4-3-5-9-17)23(2)14-20(16-12-13-16)18-10-6-7-11-19(18)22(23)25/h3-11,14-16H,12-13H2,1-2H3/t15?,23-/m0/s1. The fourth-order valence-electron chi connectivity index (χ4n) is 3.87. The van der Waals surface area contributed by atoms with Gasteiger partial charge >= 0.3 is 0 Å². The Morgan fingerprint density at radius 3 is 2.24 bits per heavy atom. The quantitative estimate of drug-likeness (QED) is 0.722. The molecule has 0 bridgehead atoms. The molecule has 2 aliphatic carbocycles. The second kappa shape index (κ2) is 5.80. The minimum atomic E-state index is -0.792. The van der Waals surface area contributed by atoms with Crippen LogP contribution in [0.4, 0.5) is 0 Å². The third-order valence-corrected chi connectivity index (χ3v) is 5.80. The Hall–Kier alpha value is -2.48. The van der Waals surface area contributed by atoms with E-state index in [-0.39, 0.29) is 11.6 Å². The van der Waals surface area contributed by atoms with Crippen molar-refractivity contribution < 1.29 is 9.59 Å². The van der Waals surface area contributed by atoms with Gasteiger partial charge in [0.2, 0.25) is 0 Å². The molecule has 0 amide bonds. The topological polar surface area (TPSA) is 34.1 Å². The van der Waals surface area contributed by atoms with Crippen molar-refractivity contribution in [1.82, 2.24) is 0 Å². The number of carbonyl (C=O) groups excluding carboxylic acids is 2. The molecule has 1 unspecified atom stereocenters. The zero-order valence-electron chi connectivity index (χ0n) is 14.7. The summed E-state index contributed by atoms with van der Waals surface area (Å²) in [6.07, 6.45) is 4.44. The minimum Gasteiger partial charge on any atom is -0.294 e. The van der Waals surface area contributed by atoms with Gasteiger partial charge in [0.05, 0.1) is 5.41 Å². The van der Waals surface area contributed by atoms with E-state index in [4.69, 9.17) is 0 Å². The predicted octanol–water partition coefficient (Wildman–Crippen LogP) is 5.20. The lowest BCUT2D eigenvalue weighted by Crippen LogP contribution is -2.40. The molecule has 0 spiro atoms. The molecule has 1 fully saturated rings. The van der Waals surface area contributed by atoms with Crippen LogP contribution in [0.15, 0.2) is 60.7 Å². The molecule has 0 aromatic heterocycles. The Balaban J connectivity index is 1.79. The van der Waals surface area contributed by atoms with Gasteiger partial charge in [-0.3, -0.25) is 9.59 Å². The van der Waals surface area contributed by atoms with E-state index in [1.165, 1.54) is 18.4 Å². The van der Waals surface area contributed by atoms with Crippen LogP contribution in [-0.2, 0) is 0 Å². The van der Waals surface area contributed by atoms with Crippen molar-refractivity contribution in [1.29, 1.82) is 0 Å². The normalized spacial score (nSPS) is 23.6. The predicted molar refractivity (Wildman–Crippen MR) is 99.5 cm³/mol. The molecule has 2 aliphatic rings. The van der Waals surface area contributed by atoms with Gasteiger partial charge in [0, 0.05) is 17.0 Å². The van der Waals surface area contributed by atoms with Crippen molar-refractivity contribution in [3.05, 3.63) is 77.4 Å². The first-order valence-electron chi connectivity index (χ1n) is 8.98. The third-order valence-electron chi connectivity index (χ3n) is 5.80. The summed E-state index contributed by atoms with van der Waals surface area (Å²) in [7, 11) is 0. The molecule has 0 aliphatic heterocycles. The van der Waals surface area contributed by atoms with Crippen molar-refractivity contribution >= 4 is 17.1 Å². The molecule has 2 heteroatoms. The molecule has 2 aromatic rings. The number of benzene rings is 2. The van der Waals surface area contributed by atoms with Crippen LogP contribution in [0.3, 0.4) is 0 Å². The molecule has 2 aromatic carbocycles. The van der Waals surface area contributed by atoms with E-state index in [1.54, 1.807) is 0 Å². The summed E-state index contributed by atoms with van der Waals surface area (Å²) < 4.78 is 0. The average molecular weight is 330 g/mol. The smallest absolute Gasteiger partial charge is 0.173 e. The van der Waals surface area contributed by atoms with Gasteiger partial charge in [-0.15, -0.1) is 0 Å². The number of Topliss-reactive ketones (excluding diaryl/α,β-unsaturated/α-hetero) is 2. The first kappa shape index (κ1) is 16.0. The van der Waals surface area contributed by atoms with Crippen molar-refractivity contribution in [2.75, 3.05) is 0 Å². The van der Waals surface area contributed by atoms with Gasteiger partial charge < -0.3 is 0 Å². The summed E-state index contributed by atoms with van der Waals surface area (Å²) in [5.74, 6) is 0.226. The van der Waals surface area contributed by atoms with Crippen molar-refractivity contribution in [3.8, 4) is 0 Å². The summed E-state index contributed by atoms with van der Waals surface area (Å²) in [4.78, 5) is 26.3. The molecule has 0 heterocycles.